The Morgan fingerprint density at radius 2 is 1.88 bits per heavy atom. The van der Waals surface area contributed by atoms with Crippen LogP contribution in [0.5, 0.6) is 0 Å². The average Bonchev–Trinajstić information content (AvgIpc) is 3.46. The van der Waals surface area contributed by atoms with Crippen LogP contribution >= 0.6 is 11.6 Å². The Balaban J connectivity index is 1.25. The van der Waals surface area contributed by atoms with E-state index in [0.717, 1.165) is 6.42 Å². The van der Waals surface area contributed by atoms with Crippen molar-refractivity contribution in [3.63, 3.8) is 0 Å². The minimum Gasteiger partial charge on any atom is -0.364 e. The van der Waals surface area contributed by atoms with Crippen LogP contribution in [0.1, 0.15) is 23.3 Å². The van der Waals surface area contributed by atoms with E-state index in [1.807, 2.05) is 0 Å². The molecular formula is C29H22ClFN6O4. The Hall–Kier alpha value is -4.86. The Morgan fingerprint density at radius 1 is 1.10 bits per heavy atom. The van der Waals surface area contributed by atoms with Crippen molar-refractivity contribution in [2.45, 2.75) is 31.5 Å². The number of aromatic nitrogens is 2. The van der Waals surface area contributed by atoms with E-state index in [9.17, 15) is 19.2 Å². The number of benzene rings is 3. The number of nitrogens with one attached hydrogen (secondary N) is 1. The van der Waals surface area contributed by atoms with Gasteiger partial charge in [0, 0.05) is 27.6 Å². The Labute approximate surface area is 237 Å². The molecule has 0 radical (unpaired) electrons. The number of anilines is 1. The molecule has 2 aliphatic rings. The average molecular weight is 573 g/mol. The molecule has 0 spiro atoms. The molecule has 3 aromatic carbocycles. The van der Waals surface area contributed by atoms with E-state index in [-0.39, 0.29) is 47.0 Å². The lowest BCUT2D eigenvalue weighted by atomic mass is 10.0. The number of piperidine rings is 1. The fourth-order valence-corrected chi connectivity index (χ4v) is 5.82. The van der Waals surface area contributed by atoms with E-state index in [2.05, 4.69) is 15.4 Å². The molecule has 1 aromatic heterocycles. The summed E-state index contributed by atoms with van der Waals surface area (Å²) in [6.07, 6.45) is 2.66. The van der Waals surface area contributed by atoms with Gasteiger partial charge in [-0.1, -0.05) is 41.9 Å². The zero-order valence-corrected chi connectivity index (χ0v) is 22.1. The Morgan fingerprint density at radius 3 is 2.63 bits per heavy atom. The highest BCUT2D eigenvalue weighted by atomic mass is 35.5. The number of carbonyl (C=O) groups is 3. The van der Waals surface area contributed by atoms with E-state index in [0.29, 0.717) is 27.9 Å². The van der Waals surface area contributed by atoms with Gasteiger partial charge in [0.2, 0.25) is 17.9 Å². The second-order valence-corrected chi connectivity index (χ2v) is 10.4. The van der Waals surface area contributed by atoms with E-state index >= 15 is 4.39 Å². The van der Waals surface area contributed by atoms with Gasteiger partial charge in [0.15, 0.2) is 11.5 Å². The maximum atomic E-state index is 15.5. The first kappa shape index (κ1) is 26.4. The van der Waals surface area contributed by atoms with E-state index in [1.54, 1.807) is 42.5 Å². The topological polar surface area (TPSA) is 140 Å². The summed E-state index contributed by atoms with van der Waals surface area (Å²) >= 11 is 6.26. The summed E-state index contributed by atoms with van der Waals surface area (Å²) in [6.45, 7) is -0.260. The SMILES string of the molecule is NC(=O)c1nn(CC(=O)N2[C@@H]3C[C@@H]3C[C@H]2C(=O)Nc2cccc(-c3ccccc3Cl)c2F)c2ccc(N=C=O)cc12. The molecule has 1 aliphatic heterocycles. The number of likely N-dealkylation sites (tertiary alicyclic amines) is 1. The normalized spacial score (nSPS) is 19.0. The summed E-state index contributed by atoms with van der Waals surface area (Å²) < 4.78 is 16.8. The van der Waals surface area contributed by atoms with Crippen LogP contribution in [0.15, 0.2) is 65.7 Å². The fourth-order valence-electron chi connectivity index (χ4n) is 5.58. The van der Waals surface area contributed by atoms with Crippen molar-refractivity contribution in [3.8, 4) is 11.1 Å². The van der Waals surface area contributed by atoms with Gasteiger partial charge in [0.1, 0.15) is 12.6 Å². The largest absolute Gasteiger partial charge is 0.364 e. The number of hydrogen-bond donors (Lipinski definition) is 2. The monoisotopic (exact) mass is 572 g/mol. The number of hydrogen-bond acceptors (Lipinski definition) is 6. The molecule has 2 fully saturated rings. The lowest BCUT2D eigenvalue weighted by molar-refractivity contribution is -0.138. The molecule has 2 heterocycles. The minimum absolute atomic E-state index is 0.0154. The van der Waals surface area contributed by atoms with Gasteiger partial charge in [0.05, 0.1) is 16.9 Å². The molecule has 4 aromatic rings. The molecule has 0 unspecified atom stereocenters. The number of nitrogens with two attached hydrogens (primary N) is 1. The number of nitrogens with zero attached hydrogens (tertiary/aromatic N) is 4. The van der Waals surface area contributed by atoms with Gasteiger partial charge in [-0.05, 0) is 49.1 Å². The van der Waals surface area contributed by atoms with Gasteiger partial charge in [-0.3, -0.25) is 19.1 Å². The molecule has 1 aliphatic carbocycles. The first-order valence-electron chi connectivity index (χ1n) is 12.8. The molecule has 1 saturated heterocycles. The summed E-state index contributed by atoms with van der Waals surface area (Å²) in [7, 11) is 0. The van der Waals surface area contributed by atoms with Crippen molar-refractivity contribution in [1.29, 1.82) is 0 Å². The molecule has 0 bridgehead atoms. The molecule has 3 atom stereocenters. The smallest absolute Gasteiger partial charge is 0.269 e. The summed E-state index contributed by atoms with van der Waals surface area (Å²) in [5.41, 5.74) is 6.82. The molecule has 6 rings (SSSR count). The molecule has 3 N–H and O–H groups in total. The molecule has 41 heavy (non-hydrogen) atoms. The second kappa shape index (κ2) is 10.3. The van der Waals surface area contributed by atoms with Gasteiger partial charge in [0.25, 0.3) is 5.91 Å². The van der Waals surface area contributed by atoms with Crippen LogP contribution in [-0.4, -0.2) is 50.6 Å². The summed E-state index contributed by atoms with van der Waals surface area (Å²) in [5.74, 6) is -2.14. The highest BCUT2D eigenvalue weighted by Crippen LogP contribution is 2.48. The van der Waals surface area contributed by atoms with Crippen molar-refractivity contribution in [3.05, 3.63) is 77.2 Å². The third kappa shape index (κ3) is 4.75. The maximum absolute atomic E-state index is 15.5. The number of fused-ring (bicyclic) bond motifs is 2. The first-order valence-corrected chi connectivity index (χ1v) is 13.2. The van der Waals surface area contributed by atoms with Gasteiger partial charge in [-0.25, -0.2) is 9.18 Å². The van der Waals surface area contributed by atoms with Gasteiger partial charge in [-0.15, -0.1) is 0 Å². The molecule has 12 heteroatoms. The lowest BCUT2D eigenvalue weighted by Gasteiger charge is -2.27. The number of rotatable bonds is 7. The van der Waals surface area contributed by atoms with Crippen molar-refractivity contribution < 1.29 is 23.6 Å². The standard InChI is InChI=1S/C29H22ClFN6O4/c30-20-6-2-1-4-17(20)18-5-3-7-21(26(18)31)34-29(41)24-11-15-10-23(15)37(24)25(39)13-36-22-9-8-16(33-14-38)12-19(22)27(35-36)28(32)40/h1-9,12,15,23-24H,10-11,13H2,(H2,32,40)(H,34,41)/t15-,23-,24+/m1/s1. The summed E-state index contributed by atoms with van der Waals surface area (Å²) in [4.78, 5) is 54.7. The van der Waals surface area contributed by atoms with E-state index in [4.69, 9.17) is 17.3 Å². The highest BCUT2D eigenvalue weighted by Gasteiger charge is 2.56. The van der Waals surface area contributed by atoms with Crippen LogP contribution in [0.4, 0.5) is 15.8 Å². The van der Waals surface area contributed by atoms with Crippen molar-refractivity contribution in [1.82, 2.24) is 14.7 Å². The fraction of sp³-hybridized carbons (Fsp3) is 0.207. The van der Waals surface area contributed by atoms with Crippen molar-refractivity contribution in [2.24, 2.45) is 16.6 Å². The number of halogens is 2. The molecule has 1 saturated carbocycles. The van der Waals surface area contributed by atoms with Crippen molar-refractivity contribution >= 4 is 57.7 Å². The van der Waals surface area contributed by atoms with Crippen LogP contribution in [0.25, 0.3) is 22.0 Å². The van der Waals surface area contributed by atoms with Crippen LogP contribution < -0.4 is 11.1 Å². The lowest BCUT2D eigenvalue weighted by Crippen LogP contribution is -2.46. The third-order valence-corrected chi connectivity index (χ3v) is 7.87. The molecule has 10 nitrogen and oxygen atoms in total. The zero-order chi connectivity index (χ0) is 28.8. The number of aliphatic imine (C=N–C) groups is 1. The van der Waals surface area contributed by atoms with Crippen LogP contribution in [0.2, 0.25) is 5.02 Å². The summed E-state index contributed by atoms with van der Waals surface area (Å²) in [5, 5.41) is 7.60. The number of isocyanates is 1. The second-order valence-electron chi connectivity index (χ2n) is 10.0. The highest BCUT2D eigenvalue weighted by molar-refractivity contribution is 6.33. The first-order chi connectivity index (χ1) is 19.8. The molecule has 3 amide bonds. The third-order valence-electron chi connectivity index (χ3n) is 7.54. The van der Waals surface area contributed by atoms with Crippen LogP contribution in [0, 0.1) is 11.7 Å². The predicted octanol–water partition coefficient (Wildman–Crippen LogP) is 4.19. The number of primary amides is 1. The van der Waals surface area contributed by atoms with Crippen LogP contribution in [0.3, 0.4) is 0 Å². The van der Waals surface area contributed by atoms with E-state index in [1.165, 1.54) is 33.9 Å². The number of amides is 3. The Kier molecular flexibility index (Phi) is 6.61. The predicted molar refractivity (Wildman–Crippen MR) is 149 cm³/mol. The quantitative estimate of drug-likeness (QED) is 0.252. The molecule has 206 valence electrons. The minimum atomic E-state index is -0.810. The maximum Gasteiger partial charge on any atom is 0.269 e. The van der Waals surface area contributed by atoms with Gasteiger partial charge < -0.3 is 16.0 Å². The zero-order valence-electron chi connectivity index (χ0n) is 21.4. The van der Waals surface area contributed by atoms with Crippen LogP contribution in [-0.2, 0) is 20.9 Å². The van der Waals surface area contributed by atoms with Gasteiger partial charge in [-0.2, -0.15) is 10.1 Å². The number of carbonyl (C=O) groups excluding carboxylic acids is 4. The van der Waals surface area contributed by atoms with Gasteiger partial charge >= 0.3 is 0 Å². The summed E-state index contributed by atoms with van der Waals surface area (Å²) in [6, 6.07) is 15.1. The van der Waals surface area contributed by atoms with Crippen molar-refractivity contribution in [2.75, 3.05) is 5.32 Å². The Bertz CT molecular complexity index is 1800. The molecular weight excluding hydrogens is 551 g/mol. The van der Waals surface area contributed by atoms with E-state index < -0.39 is 23.7 Å².